The van der Waals surface area contributed by atoms with Crippen LogP contribution >= 0.6 is 7.92 Å². The average molecular weight is 405 g/mol. The molecule has 0 bridgehead atoms. The number of H-pyrrole nitrogens is 1. The second-order valence-corrected chi connectivity index (χ2v) is 10.1. The fraction of sp³-hybridized carbons (Fsp3) is 0.0741. The number of hydrogen-bond acceptors (Lipinski definition) is 1. The summed E-state index contributed by atoms with van der Waals surface area (Å²) in [7, 11) is -0.549. The van der Waals surface area contributed by atoms with Gasteiger partial charge in [-0.1, -0.05) is 78.9 Å². The van der Waals surface area contributed by atoms with Crippen LogP contribution in [0, 0.1) is 0 Å². The van der Waals surface area contributed by atoms with E-state index in [4.69, 9.17) is 0 Å². The molecular weight excluding hydrogens is 385 g/mol. The predicted octanol–water partition coefficient (Wildman–Crippen LogP) is 6.17. The van der Waals surface area contributed by atoms with Gasteiger partial charge in [0.05, 0.1) is 0 Å². The van der Waals surface area contributed by atoms with Crippen molar-refractivity contribution in [3.8, 4) is 11.1 Å². The summed E-state index contributed by atoms with van der Waals surface area (Å²) < 4.78 is 0. The lowest BCUT2D eigenvalue weighted by molar-refractivity contribution is 1.27. The van der Waals surface area contributed by atoms with Gasteiger partial charge in [0.15, 0.2) is 0 Å². The van der Waals surface area contributed by atoms with E-state index in [1.165, 1.54) is 43.8 Å². The van der Waals surface area contributed by atoms with Crippen molar-refractivity contribution in [3.63, 3.8) is 0 Å². The third-order valence-electron chi connectivity index (χ3n) is 6.10. The van der Waals surface area contributed by atoms with Crippen LogP contribution in [0.15, 0.2) is 95.8 Å². The van der Waals surface area contributed by atoms with Crippen molar-refractivity contribution in [1.29, 1.82) is 0 Å². The number of benzene rings is 4. The van der Waals surface area contributed by atoms with Gasteiger partial charge in [0.25, 0.3) is 0 Å². The van der Waals surface area contributed by atoms with Crippen molar-refractivity contribution in [2.45, 2.75) is 12.3 Å². The molecule has 2 nitrogen and oxygen atoms in total. The standard InChI is InChI=1S/C27H20NOP/c29-24-10-5-11-25(28-24)30-16-20-14-12-18-6-1-3-8-22(18)26(20)27-21(17-30)15-13-19-7-2-4-9-23(19)27/h1-15H,16-17H2,(H,28,29). The number of hydrogen-bond donors (Lipinski definition) is 1. The minimum absolute atomic E-state index is 0.0169. The van der Waals surface area contributed by atoms with Gasteiger partial charge in [0, 0.05) is 11.5 Å². The summed E-state index contributed by atoms with van der Waals surface area (Å²) in [6.45, 7) is 0. The highest BCUT2D eigenvalue weighted by atomic mass is 31.1. The van der Waals surface area contributed by atoms with Gasteiger partial charge in [-0.25, -0.2) is 0 Å². The smallest absolute Gasteiger partial charge is 0.248 e. The Bertz CT molecular complexity index is 1400. The highest BCUT2D eigenvalue weighted by Gasteiger charge is 2.25. The molecule has 1 N–H and O–H groups in total. The number of rotatable bonds is 1. The summed E-state index contributed by atoms with van der Waals surface area (Å²) in [4.78, 5) is 15.1. The van der Waals surface area contributed by atoms with E-state index in [1.807, 2.05) is 6.07 Å². The van der Waals surface area contributed by atoms with Crippen LogP contribution in [0.25, 0.3) is 32.7 Å². The zero-order valence-electron chi connectivity index (χ0n) is 16.4. The van der Waals surface area contributed by atoms with Crippen molar-refractivity contribution in [3.05, 3.63) is 112 Å². The molecule has 1 aliphatic heterocycles. The Morgan fingerprint density at radius 3 is 1.73 bits per heavy atom. The molecule has 0 unspecified atom stereocenters. The van der Waals surface area contributed by atoms with Gasteiger partial charge in [0.1, 0.15) is 0 Å². The predicted molar refractivity (Wildman–Crippen MR) is 128 cm³/mol. The molecule has 0 atom stereocenters. The molecule has 2 heterocycles. The third kappa shape index (κ3) is 2.80. The average Bonchev–Trinajstić information content (AvgIpc) is 2.96. The first kappa shape index (κ1) is 17.6. The topological polar surface area (TPSA) is 32.9 Å². The number of pyridine rings is 1. The van der Waals surface area contributed by atoms with Crippen LogP contribution in [0.3, 0.4) is 0 Å². The molecule has 5 aromatic rings. The van der Waals surface area contributed by atoms with Crippen molar-refractivity contribution >= 4 is 34.9 Å². The minimum atomic E-state index is -0.549. The van der Waals surface area contributed by atoms with Crippen LogP contribution < -0.4 is 11.0 Å². The van der Waals surface area contributed by atoms with Gasteiger partial charge >= 0.3 is 0 Å². The van der Waals surface area contributed by atoms with E-state index in [0.717, 1.165) is 17.8 Å². The van der Waals surface area contributed by atoms with Crippen molar-refractivity contribution in [2.24, 2.45) is 0 Å². The van der Waals surface area contributed by atoms with Gasteiger partial charge in [-0.3, -0.25) is 4.79 Å². The summed E-state index contributed by atoms with van der Waals surface area (Å²) >= 11 is 0. The van der Waals surface area contributed by atoms with E-state index in [2.05, 4.69) is 83.8 Å². The number of aromatic amines is 1. The van der Waals surface area contributed by atoms with E-state index in [0.29, 0.717) is 0 Å². The Morgan fingerprint density at radius 2 is 1.17 bits per heavy atom. The number of nitrogens with one attached hydrogen (secondary N) is 1. The molecule has 0 fully saturated rings. The first-order chi connectivity index (χ1) is 14.8. The van der Waals surface area contributed by atoms with E-state index < -0.39 is 7.92 Å². The molecule has 0 amide bonds. The van der Waals surface area contributed by atoms with Crippen LogP contribution in [0.2, 0.25) is 0 Å². The maximum Gasteiger partial charge on any atom is 0.248 e. The Labute approximate surface area is 176 Å². The summed E-state index contributed by atoms with van der Waals surface area (Å²) in [5.41, 5.74) is 6.54. The first-order valence-corrected chi connectivity index (χ1v) is 11.9. The van der Waals surface area contributed by atoms with Crippen LogP contribution in [-0.2, 0) is 12.3 Å². The van der Waals surface area contributed by atoms with E-state index in [-0.39, 0.29) is 5.56 Å². The van der Waals surface area contributed by atoms with Gasteiger partial charge < -0.3 is 4.98 Å². The van der Waals surface area contributed by atoms with Gasteiger partial charge in [-0.2, -0.15) is 0 Å². The minimum Gasteiger partial charge on any atom is -0.322 e. The Hall–Kier alpha value is -3.22. The molecule has 0 saturated carbocycles. The van der Waals surface area contributed by atoms with Crippen molar-refractivity contribution in [1.82, 2.24) is 4.98 Å². The van der Waals surface area contributed by atoms with Gasteiger partial charge in [-0.05, 0) is 70.1 Å². The fourth-order valence-electron chi connectivity index (χ4n) is 4.75. The van der Waals surface area contributed by atoms with E-state index >= 15 is 0 Å². The highest BCUT2D eigenvalue weighted by Crippen LogP contribution is 2.52. The lowest BCUT2D eigenvalue weighted by Gasteiger charge is -2.16. The molecule has 30 heavy (non-hydrogen) atoms. The van der Waals surface area contributed by atoms with Crippen molar-refractivity contribution < 1.29 is 0 Å². The molecule has 0 spiro atoms. The summed E-state index contributed by atoms with van der Waals surface area (Å²) in [5.74, 6) is 0. The molecular formula is C27H20NOP. The fourth-order valence-corrected chi connectivity index (χ4v) is 7.11. The van der Waals surface area contributed by atoms with Crippen molar-refractivity contribution in [2.75, 3.05) is 0 Å². The molecule has 0 radical (unpaired) electrons. The Morgan fingerprint density at radius 1 is 0.600 bits per heavy atom. The third-order valence-corrected chi connectivity index (χ3v) is 8.48. The highest BCUT2D eigenvalue weighted by molar-refractivity contribution is 7.63. The van der Waals surface area contributed by atoms with Crippen LogP contribution in [0.1, 0.15) is 11.1 Å². The summed E-state index contributed by atoms with van der Waals surface area (Å²) in [6, 6.07) is 32.0. The maximum atomic E-state index is 12.0. The monoisotopic (exact) mass is 405 g/mol. The number of aromatic nitrogens is 1. The molecule has 0 aliphatic carbocycles. The van der Waals surface area contributed by atoms with E-state index in [1.54, 1.807) is 6.07 Å². The molecule has 6 rings (SSSR count). The quantitative estimate of drug-likeness (QED) is 0.333. The Kier molecular flexibility index (Phi) is 4.07. The second kappa shape index (κ2) is 6.93. The lowest BCUT2D eigenvalue weighted by atomic mass is 9.88. The first-order valence-electron chi connectivity index (χ1n) is 10.2. The molecule has 144 valence electrons. The molecule has 1 aromatic heterocycles. The molecule has 3 heteroatoms. The van der Waals surface area contributed by atoms with E-state index in [9.17, 15) is 4.79 Å². The summed E-state index contributed by atoms with van der Waals surface area (Å²) in [6.07, 6.45) is 1.94. The van der Waals surface area contributed by atoms with Crippen LogP contribution in [-0.4, -0.2) is 4.98 Å². The SMILES string of the molecule is O=c1cccc(P2Cc3ccc4ccccc4c3-c3c(ccc4ccccc34)C2)[nH]1. The van der Waals surface area contributed by atoms with Gasteiger partial charge in [-0.15, -0.1) is 0 Å². The summed E-state index contributed by atoms with van der Waals surface area (Å²) in [5, 5.41) is 5.17. The van der Waals surface area contributed by atoms with Crippen LogP contribution in [0.5, 0.6) is 0 Å². The molecule has 4 aromatic carbocycles. The lowest BCUT2D eigenvalue weighted by Crippen LogP contribution is -2.17. The molecule has 0 saturated heterocycles. The zero-order valence-corrected chi connectivity index (χ0v) is 17.3. The largest absolute Gasteiger partial charge is 0.322 e. The van der Waals surface area contributed by atoms with Crippen LogP contribution in [0.4, 0.5) is 0 Å². The normalized spacial score (nSPS) is 13.7. The number of fused-ring (bicyclic) bond motifs is 7. The second-order valence-electron chi connectivity index (χ2n) is 7.90. The maximum absolute atomic E-state index is 12.0. The van der Waals surface area contributed by atoms with Gasteiger partial charge in [0.2, 0.25) is 5.56 Å². The zero-order chi connectivity index (χ0) is 20.1. The molecule has 1 aliphatic rings. The Balaban J connectivity index is 1.71.